The maximum Gasteiger partial charge on any atom is 0.407 e. The molecule has 1 aromatic rings. The molecule has 0 fully saturated rings. The largest absolute Gasteiger partial charge is 0.453 e. The molecule has 138 valence electrons. The first-order valence-electron chi connectivity index (χ1n) is 8.89. The van der Waals surface area contributed by atoms with Gasteiger partial charge in [0.25, 0.3) is 0 Å². The smallest absolute Gasteiger partial charge is 0.407 e. The quantitative estimate of drug-likeness (QED) is 0.794. The fourth-order valence-corrected chi connectivity index (χ4v) is 3.30. The number of rotatable bonds is 7. The van der Waals surface area contributed by atoms with Crippen molar-refractivity contribution < 1.29 is 14.3 Å². The van der Waals surface area contributed by atoms with E-state index in [2.05, 4.69) is 45.4 Å². The lowest BCUT2D eigenvalue weighted by Crippen LogP contribution is -2.49. The van der Waals surface area contributed by atoms with E-state index in [0.29, 0.717) is 24.9 Å². The highest BCUT2D eigenvalue weighted by molar-refractivity contribution is 5.85. The molecule has 2 N–H and O–H groups in total. The SMILES string of the molecule is COC(=O)NC(CC(C)C)C(=O)NCCN1c2ccccc2CC1C. The van der Waals surface area contributed by atoms with E-state index in [-0.39, 0.29) is 5.91 Å². The standard InChI is InChI=1S/C19H29N3O3/c1-13(2)11-16(21-19(24)25-4)18(23)20-9-10-22-14(3)12-15-7-5-6-8-17(15)22/h5-8,13-14,16H,9-12H2,1-4H3,(H,20,23)(H,21,24). The Morgan fingerprint density at radius 1 is 1.32 bits per heavy atom. The summed E-state index contributed by atoms with van der Waals surface area (Å²) >= 11 is 0. The van der Waals surface area contributed by atoms with Crippen LogP contribution in [0.2, 0.25) is 0 Å². The van der Waals surface area contributed by atoms with Gasteiger partial charge in [-0.05, 0) is 37.3 Å². The summed E-state index contributed by atoms with van der Waals surface area (Å²) in [6.45, 7) is 7.51. The van der Waals surface area contributed by atoms with Gasteiger partial charge in [0.15, 0.2) is 0 Å². The summed E-state index contributed by atoms with van der Waals surface area (Å²) in [6, 6.07) is 8.24. The summed E-state index contributed by atoms with van der Waals surface area (Å²) < 4.78 is 4.61. The van der Waals surface area contributed by atoms with Crippen molar-refractivity contribution in [1.29, 1.82) is 0 Å². The number of anilines is 1. The molecule has 0 bridgehead atoms. The maximum absolute atomic E-state index is 12.4. The maximum atomic E-state index is 12.4. The van der Waals surface area contributed by atoms with Crippen LogP contribution >= 0.6 is 0 Å². The number of nitrogens with zero attached hydrogens (tertiary/aromatic N) is 1. The van der Waals surface area contributed by atoms with Gasteiger partial charge in [-0.15, -0.1) is 0 Å². The van der Waals surface area contributed by atoms with Crippen molar-refractivity contribution >= 4 is 17.7 Å². The predicted molar refractivity (Wildman–Crippen MR) is 98.7 cm³/mol. The van der Waals surface area contributed by atoms with Crippen molar-refractivity contribution in [1.82, 2.24) is 10.6 Å². The molecule has 0 aromatic heterocycles. The number of carbonyl (C=O) groups excluding carboxylic acids is 2. The van der Waals surface area contributed by atoms with Gasteiger partial charge in [-0.1, -0.05) is 32.0 Å². The van der Waals surface area contributed by atoms with Crippen molar-refractivity contribution in [2.75, 3.05) is 25.1 Å². The van der Waals surface area contributed by atoms with Crippen LogP contribution in [0.3, 0.4) is 0 Å². The van der Waals surface area contributed by atoms with Crippen LogP contribution < -0.4 is 15.5 Å². The summed E-state index contributed by atoms with van der Waals surface area (Å²) in [7, 11) is 1.30. The zero-order chi connectivity index (χ0) is 18.4. The Hall–Kier alpha value is -2.24. The first-order valence-corrected chi connectivity index (χ1v) is 8.89. The van der Waals surface area contributed by atoms with E-state index in [4.69, 9.17) is 0 Å². The number of ether oxygens (including phenoxy) is 1. The molecule has 1 heterocycles. The van der Waals surface area contributed by atoms with Crippen molar-refractivity contribution in [3.63, 3.8) is 0 Å². The second-order valence-electron chi connectivity index (χ2n) is 6.98. The number of benzene rings is 1. The Kier molecular flexibility index (Phi) is 6.67. The topological polar surface area (TPSA) is 70.7 Å². The number of hydrogen-bond donors (Lipinski definition) is 2. The minimum Gasteiger partial charge on any atom is -0.453 e. The van der Waals surface area contributed by atoms with E-state index in [1.54, 1.807) is 0 Å². The number of hydrogen-bond acceptors (Lipinski definition) is 4. The normalized spacial score (nSPS) is 17.2. The molecule has 0 aliphatic carbocycles. The highest BCUT2D eigenvalue weighted by atomic mass is 16.5. The number of alkyl carbamates (subject to hydrolysis) is 1. The molecule has 0 radical (unpaired) electrons. The van der Waals surface area contributed by atoms with Crippen LogP contribution in [0.15, 0.2) is 24.3 Å². The molecule has 1 aromatic carbocycles. The van der Waals surface area contributed by atoms with Crippen molar-refractivity contribution in [3.8, 4) is 0 Å². The summed E-state index contributed by atoms with van der Waals surface area (Å²) in [5.41, 5.74) is 2.60. The molecule has 0 saturated heterocycles. The zero-order valence-corrected chi connectivity index (χ0v) is 15.5. The van der Waals surface area contributed by atoms with Gasteiger partial charge in [-0.3, -0.25) is 4.79 Å². The van der Waals surface area contributed by atoms with Crippen LogP contribution in [0.5, 0.6) is 0 Å². The molecular formula is C19H29N3O3. The number of nitrogens with one attached hydrogen (secondary N) is 2. The fraction of sp³-hybridized carbons (Fsp3) is 0.579. The van der Waals surface area contributed by atoms with Crippen LogP contribution in [0.4, 0.5) is 10.5 Å². The molecule has 0 spiro atoms. The predicted octanol–water partition coefficient (Wildman–Crippen LogP) is 2.32. The monoisotopic (exact) mass is 347 g/mol. The Bertz CT molecular complexity index is 603. The molecule has 6 nitrogen and oxygen atoms in total. The Labute approximate surface area is 149 Å². The van der Waals surface area contributed by atoms with Crippen molar-refractivity contribution in [2.24, 2.45) is 5.92 Å². The lowest BCUT2D eigenvalue weighted by molar-refractivity contribution is -0.123. The van der Waals surface area contributed by atoms with E-state index >= 15 is 0 Å². The zero-order valence-electron chi connectivity index (χ0n) is 15.5. The third kappa shape index (κ3) is 5.11. The fourth-order valence-electron chi connectivity index (χ4n) is 3.30. The van der Waals surface area contributed by atoms with Gasteiger partial charge in [0.1, 0.15) is 6.04 Å². The number of carbonyl (C=O) groups is 2. The van der Waals surface area contributed by atoms with E-state index in [9.17, 15) is 9.59 Å². The van der Waals surface area contributed by atoms with E-state index in [1.807, 2.05) is 19.9 Å². The van der Waals surface area contributed by atoms with E-state index < -0.39 is 12.1 Å². The summed E-state index contributed by atoms with van der Waals surface area (Å²) in [6.07, 6.45) is 1.02. The molecule has 25 heavy (non-hydrogen) atoms. The molecule has 2 unspecified atom stereocenters. The second-order valence-corrected chi connectivity index (χ2v) is 6.98. The Morgan fingerprint density at radius 2 is 2.04 bits per heavy atom. The van der Waals surface area contributed by atoms with Gasteiger partial charge in [0, 0.05) is 24.8 Å². The van der Waals surface area contributed by atoms with Crippen LogP contribution in [0, 0.1) is 5.92 Å². The van der Waals surface area contributed by atoms with E-state index in [0.717, 1.165) is 13.0 Å². The average molecular weight is 347 g/mol. The first-order chi connectivity index (χ1) is 11.9. The van der Waals surface area contributed by atoms with Gasteiger partial charge in [-0.2, -0.15) is 0 Å². The summed E-state index contributed by atoms with van der Waals surface area (Å²) in [5, 5.41) is 5.56. The Balaban J connectivity index is 1.88. The van der Waals surface area contributed by atoms with Crippen LogP contribution in [-0.4, -0.2) is 44.3 Å². The minimum atomic E-state index is -0.581. The number of para-hydroxylation sites is 1. The molecule has 2 rings (SSSR count). The third-order valence-corrected chi connectivity index (χ3v) is 4.50. The molecule has 1 aliphatic rings. The van der Waals surface area contributed by atoms with Crippen LogP contribution in [0.25, 0.3) is 0 Å². The molecule has 6 heteroatoms. The lowest BCUT2D eigenvalue weighted by Gasteiger charge is -2.26. The number of fused-ring (bicyclic) bond motifs is 1. The third-order valence-electron chi connectivity index (χ3n) is 4.50. The van der Waals surface area contributed by atoms with Crippen LogP contribution in [0.1, 0.15) is 32.8 Å². The van der Waals surface area contributed by atoms with Crippen LogP contribution in [-0.2, 0) is 16.0 Å². The molecule has 2 amide bonds. The molecule has 2 atom stereocenters. The highest BCUT2D eigenvalue weighted by Crippen LogP contribution is 2.31. The lowest BCUT2D eigenvalue weighted by atomic mass is 10.0. The number of methoxy groups -OCH3 is 1. The van der Waals surface area contributed by atoms with Gasteiger partial charge in [0.2, 0.25) is 5.91 Å². The van der Waals surface area contributed by atoms with Gasteiger partial charge >= 0.3 is 6.09 Å². The molecule has 0 saturated carbocycles. The minimum absolute atomic E-state index is 0.167. The summed E-state index contributed by atoms with van der Waals surface area (Å²) in [5.74, 6) is 0.123. The highest BCUT2D eigenvalue weighted by Gasteiger charge is 2.26. The average Bonchev–Trinajstić information content (AvgIpc) is 2.89. The second kappa shape index (κ2) is 8.74. The van der Waals surface area contributed by atoms with Gasteiger partial charge in [0.05, 0.1) is 7.11 Å². The molecule has 1 aliphatic heterocycles. The van der Waals surface area contributed by atoms with Gasteiger partial charge < -0.3 is 20.3 Å². The Morgan fingerprint density at radius 3 is 2.72 bits per heavy atom. The van der Waals surface area contributed by atoms with Gasteiger partial charge in [-0.25, -0.2) is 4.79 Å². The van der Waals surface area contributed by atoms with Crippen molar-refractivity contribution in [2.45, 2.75) is 45.7 Å². The van der Waals surface area contributed by atoms with E-state index in [1.165, 1.54) is 18.4 Å². The summed E-state index contributed by atoms with van der Waals surface area (Å²) in [4.78, 5) is 26.2. The molecular weight excluding hydrogens is 318 g/mol. The first kappa shape index (κ1) is 19.1. The number of amides is 2. The van der Waals surface area contributed by atoms with Crippen molar-refractivity contribution in [3.05, 3.63) is 29.8 Å².